The molecule has 0 aromatic carbocycles. The Morgan fingerprint density at radius 2 is 1.81 bits per heavy atom. The van der Waals surface area contributed by atoms with Crippen LogP contribution in [-0.2, 0) is 16.4 Å². The number of rotatable bonds is 6. The lowest BCUT2D eigenvalue weighted by atomic mass is 10.1. The molecule has 4 aromatic heterocycles. The smallest absolute Gasteiger partial charge is 0.276 e. The number of halogens is 1. The summed E-state index contributed by atoms with van der Waals surface area (Å²) in [6.07, 6.45) is 6.61. The van der Waals surface area contributed by atoms with Crippen LogP contribution >= 0.6 is 12.4 Å². The molecule has 4 rings (SSSR count). The van der Waals surface area contributed by atoms with E-state index in [1.807, 2.05) is 6.07 Å². The second kappa shape index (κ2) is 9.11. The molecule has 0 radical (unpaired) electrons. The summed E-state index contributed by atoms with van der Waals surface area (Å²) >= 11 is 0. The quantitative estimate of drug-likeness (QED) is 0.457. The largest absolute Gasteiger partial charge is 0.294 e. The summed E-state index contributed by atoms with van der Waals surface area (Å²) in [4.78, 5) is 25.1. The number of anilines is 1. The maximum absolute atomic E-state index is 13.1. The van der Waals surface area contributed by atoms with Gasteiger partial charge >= 0.3 is 0 Å². The van der Waals surface area contributed by atoms with Gasteiger partial charge < -0.3 is 0 Å². The van der Waals surface area contributed by atoms with Crippen molar-refractivity contribution in [2.24, 2.45) is 0 Å². The predicted molar refractivity (Wildman–Crippen MR) is 118 cm³/mol. The molecule has 0 amide bonds. The van der Waals surface area contributed by atoms with E-state index in [1.165, 1.54) is 30.6 Å². The Kier molecular flexibility index (Phi) is 6.52. The molecule has 0 aliphatic carbocycles. The highest BCUT2D eigenvalue weighted by atomic mass is 35.5. The van der Waals surface area contributed by atoms with E-state index >= 15 is 0 Å². The first-order valence-electron chi connectivity index (χ1n) is 9.04. The number of aromatic nitrogens is 5. The van der Waals surface area contributed by atoms with Gasteiger partial charge in [-0.2, -0.15) is 4.68 Å². The Hall–Kier alpha value is -3.50. The molecule has 2 N–H and O–H groups in total. The van der Waals surface area contributed by atoms with Gasteiger partial charge in [-0.15, -0.1) is 12.4 Å². The van der Waals surface area contributed by atoms with Gasteiger partial charge in [-0.3, -0.25) is 19.6 Å². The van der Waals surface area contributed by atoms with Gasteiger partial charge in [0.2, 0.25) is 0 Å². The maximum atomic E-state index is 13.1. The van der Waals surface area contributed by atoms with Crippen LogP contribution in [0.5, 0.6) is 0 Å². The average Bonchev–Trinajstić information content (AvgIpc) is 3.03. The van der Waals surface area contributed by atoms with Gasteiger partial charge in [0.1, 0.15) is 10.7 Å². The van der Waals surface area contributed by atoms with Gasteiger partial charge in [-0.1, -0.05) is 12.1 Å². The first-order valence-corrected chi connectivity index (χ1v) is 10.5. The number of nitrogens with one attached hydrogen (secondary N) is 2. The van der Waals surface area contributed by atoms with Crippen LogP contribution < -0.4 is 10.3 Å². The number of aromatic amines is 1. The molecule has 31 heavy (non-hydrogen) atoms. The van der Waals surface area contributed by atoms with Crippen molar-refractivity contribution in [1.29, 1.82) is 0 Å². The first kappa shape index (κ1) is 22.2. The molecule has 11 heteroatoms. The molecule has 4 aromatic rings. The Morgan fingerprint density at radius 3 is 2.52 bits per heavy atom. The van der Waals surface area contributed by atoms with Crippen molar-refractivity contribution >= 4 is 28.2 Å². The van der Waals surface area contributed by atoms with Crippen molar-refractivity contribution in [2.75, 3.05) is 4.72 Å². The number of aryl methyl sites for hydroxylation is 1. The zero-order valence-electron chi connectivity index (χ0n) is 16.4. The fourth-order valence-corrected chi connectivity index (χ4v) is 4.17. The third kappa shape index (κ3) is 4.65. The third-order valence-electron chi connectivity index (χ3n) is 4.45. The van der Waals surface area contributed by atoms with Crippen molar-refractivity contribution in [2.45, 2.75) is 18.2 Å². The van der Waals surface area contributed by atoms with E-state index in [1.54, 1.807) is 37.5 Å². The van der Waals surface area contributed by atoms with E-state index in [2.05, 4.69) is 24.8 Å². The molecule has 4 heterocycles. The van der Waals surface area contributed by atoms with Gasteiger partial charge in [-0.25, -0.2) is 18.4 Å². The molecule has 0 saturated carbocycles. The Balaban J connectivity index is 0.00000272. The highest BCUT2D eigenvalue weighted by molar-refractivity contribution is 7.92. The summed E-state index contributed by atoms with van der Waals surface area (Å²) in [5.74, 6) is 0.144. The lowest BCUT2D eigenvalue weighted by Gasteiger charge is -2.11. The number of nitrogens with zero attached hydrogens (tertiary/aromatic N) is 4. The van der Waals surface area contributed by atoms with Crippen LogP contribution in [0.25, 0.3) is 5.82 Å². The highest BCUT2D eigenvalue weighted by Gasteiger charge is 2.24. The molecule has 0 aliphatic heterocycles. The van der Waals surface area contributed by atoms with E-state index in [0.29, 0.717) is 17.7 Å². The minimum absolute atomic E-state index is 0. The molecule has 0 saturated heterocycles. The normalized spacial score (nSPS) is 11.0. The topological polar surface area (TPSA) is 123 Å². The van der Waals surface area contributed by atoms with Crippen molar-refractivity contribution in [3.8, 4) is 5.82 Å². The minimum Gasteiger partial charge on any atom is -0.294 e. The second-order valence-electron chi connectivity index (χ2n) is 6.54. The Bertz CT molecular complexity index is 1340. The lowest BCUT2D eigenvalue weighted by Crippen LogP contribution is -2.23. The zero-order chi connectivity index (χ0) is 21.1. The van der Waals surface area contributed by atoms with Gasteiger partial charge in [0, 0.05) is 42.5 Å². The Labute approximate surface area is 184 Å². The number of hydrogen-bond donors (Lipinski definition) is 2. The zero-order valence-corrected chi connectivity index (χ0v) is 18.0. The van der Waals surface area contributed by atoms with Gasteiger partial charge in [0.05, 0.1) is 0 Å². The SMILES string of the molecule is Cc1[nH]n(-c2ncccc2S(=O)(=O)Nc2ccccn2)c(=O)c1Cc1cccnc1.Cl. The van der Waals surface area contributed by atoms with Crippen LogP contribution in [0.1, 0.15) is 16.8 Å². The second-order valence-corrected chi connectivity index (χ2v) is 8.19. The summed E-state index contributed by atoms with van der Waals surface area (Å²) in [6, 6.07) is 11.4. The molecule has 0 spiro atoms. The lowest BCUT2D eigenvalue weighted by molar-refractivity contribution is 0.598. The van der Waals surface area contributed by atoms with Crippen molar-refractivity contribution in [3.05, 3.63) is 94.4 Å². The summed E-state index contributed by atoms with van der Waals surface area (Å²) in [5, 5.41) is 2.94. The molecule has 160 valence electrons. The fourth-order valence-electron chi connectivity index (χ4n) is 3.02. The van der Waals surface area contributed by atoms with Crippen LogP contribution in [-0.4, -0.2) is 33.2 Å². The van der Waals surface area contributed by atoms with E-state index in [4.69, 9.17) is 0 Å². The predicted octanol–water partition coefficient (Wildman–Crippen LogP) is 2.47. The van der Waals surface area contributed by atoms with Crippen molar-refractivity contribution in [3.63, 3.8) is 0 Å². The van der Waals surface area contributed by atoms with Crippen LogP contribution in [0.4, 0.5) is 5.82 Å². The summed E-state index contributed by atoms with van der Waals surface area (Å²) in [6.45, 7) is 1.76. The van der Waals surface area contributed by atoms with E-state index < -0.39 is 10.0 Å². The molecular formula is C20H19ClN6O3S. The fraction of sp³-hybridized carbons (Fsp3) is 0.100. The maximum Gasteiger partial charge on any atom is 0.276 e. The standard InChI is InChI=1S/C20H18N6O3S.ClH/c1-14-16(12-15-6-4-9-21-13-15)20(27)26(24-14)19-17(7-5-11-23-19)30(28,29)25-18-8-2-3-10-22-18;/h2-11,13,24H,12H2,1H3,(H,22,25);1H. The number of hydrogen-bond acceptors (Lipinski definition) is 6. The minimum atomic E-state index is -4.04. The van der Waals surface area contributed by atoms with Crippen LogP contribution in [0.3, 0.4) is 0 Å². The van der Waals surface area contributed by atoms with Crippen LogP contribution in [0.2, 0.25) is 0 Å². The summed E-state index contributed by atoms with van der Waals surface area (Å²) in [5.41, 5.74) is 1.63. The Morgan fingerprint density at radius 1 is 1.03 bits per heavy atom. The van der Waals surface area contributed by atoms with Crippen LogP contribution in [0.15, 0.2) is 76.9 Å². The highest BCUT2D eigenvalue weighted by Crippen LogP contribution is 2.20. The van der Waals surface area contributed by atoms with E-state index in [9.17, 15) is 13.2 Å². The molecule has 0 atom stereocenters. The monoisotopic (exact) mass is 458 g/mol. The van der Waals surface area contributed by atoms with Gasteiger partial charge in [-0.05, 0) is 42.8 Å². The third-order valence-corrected chi connectivity index (χ3v) is 5.83. The summed E-state index contributed by atoms with van der Waals surface area (Å²) in [7, 11) is -4.04. The van der Waals surface area contributed by atoms with E-state index in [0.717, 1.165) is 10.2 Å². The van der Waals surface area contributed by atoms with Crippen LogP contribution in [0, 0.1) is 6.92 Å². The molecule has 0 fully saturated rings. The van der Waals surface area contributed by atoms with Gasteiger partial charge in [0.25, 0.3) is 15.6 Å². The number of pyridine rings is 3. The number of sulfonamides is 1. The molecule has 9 nitrogen and oxygen atoms in total. The summed E-state index contributed by atoms with van der Waals surface area (Å²) < 4.78 is 29.5. The van der Waals surface area contributed by atoms with E-state index in [-0.39, 0.29) is 34.5 Å². The van der Waals surface area contributed by atoms with Gasteiger partial charge in [0.15, 0.2) is 5.82 Å². The molecule has 0 unspecified atom stereocenters. The first-order chi connectivity index (χ1) is 14.5. The molecule has 0 bridgehead atoms. The van der Waals surface area contributed by atoms with Crippen molar-refractivity contribution in [1.82, 2.24) is 24.7 Å². The average molecular weight is 459 g/mol. The molecular weight excluding hydrogens is 440 g/mol. The molecule has 0 aliphatic rings. The van der Waals surface area contributed by atoms with Crippen molar-refractivity contribution < 1.29 is 8.42 Å². The number of H-pyrrole nitrogens is 1.